The Bertz CT molecular complexity index is 543. The maximum absolute atomic E-state index is 5.92. The van der Waals surface area contributed by atoms with Gasteiger partial charge < -0.3 is 14.0 Å². The van der Waals surface area contributed by atoms with E-state index in [0.717, 1.165) is 12.8 Å². The van der Waals surface area contributed by atoms with Gasteiger partial charge in [0.1, 0.15) is 0 Å². The third-order valence-electron chi connectivity index (χ3n) is 3.83. The van der Waals surface area contributed by atoms with E-state index in [-0.39, 0.29) is 0 Å². The minimum atomic E-state index is -0.563. The van der Waals surface area contributed by atoms with Gasteiger partial charge in [-0.25, -0.2) is 4.98 Å². The van der Waals surface area contributed by atoms with Gasteiger partial charge in [-0.15, -0.1) is 0 Å². The highest BCUT2D eigenvalue weighted by atomic mass is 16.7. The molecule has 1 fully saturated rings. The quantitative estimate of drug-likeness (QED) is 0.819. The monoisotopic (exact) mass is 286 g/mol. The van der Waals surface area contributed by atoms with Gasteiger partial charge in [0, 0.05) is 18.8 Å². The first kappa shape index (κ1) is 14.3. The Labute approximate surface area is 125 Å². The highest BCUT2D eigenvalue weighted by Crippen LogP contribution is 2.26. The number of hydrogen-bond donors (Lipinski definition) is 0. The molecule has 1 aromatic carbocycles. The van der Waals surface area contributed by atoms with Crippen LogP contribution in [0.2, 0.25) is 0 Å². The fraction of sp³-hybridized carbons (Fsp3) is 0.471. The summed E-state index contributed by atoms with van der Waals surface area (Å²) in [6, 6.07) is 8.79. The second-order valence-corrected chi connectivity index (χ2v) is 5.59. The van der Waals surface area contributed by atoms with Crippen molar-refractivity contribution in [3.63, 3.8) is 0 Å². The van der Waals surface area contributed by atoms with E-state index >= 15 is 0 Å². The Morgan fingerprint density at radius 2 is 1.86 bits per heavy atom. The molecule has 21 heavy (non-hydrogen) atoms. The molecule has 0 bridgehead atoms. The lowest BCUT2D eigenvalue weighted by molar-refractivity contribution is -0.166. The molecule has 0 N–H and O–H groups in total. The van der Waals surface area contributed by atoms with Crippen LogP contribution in [-0.4, -0.2) is 28.6 Å². The first-order valence-electron chi connectivity index (χ1n) is 7.61. The first-order chi connectivity index (χ1) is 10.3. The second-order valence-electron chi connectivity index (χ2n) is 5.59. The van der Waals surface area contributed by atoms with E-state index in [0.29, 0.717) is 19.8 Å². The van der Waals surface area contributed by atoms with Crippen molar-refractivity contribution in [3.8, 4) is 0 Å². The van der Waals surface area contributed by atoms with Gasteiger partial charge in [-0.1, -0.05) is 37.6 Å². The van der Waals surface area contributed by atoms with Crippen LogP contribution < -0.4 is 0 Å². The zero-order valence-corrected chi connectivity index (χ0v) is 12.5. The van der Waals surface area contributed by atoms with Gasteiger partial charge >= 0.3 is 0 Å². The summed E-state index contributed by atoms with van der Waals surface area (Å²) in [7, 11) is 0. The number of imidazole rings is 1. The summed E-state index contributed by atoms with van der Waals surface area (Å²) in [4.78, 5) is 4.09. The first-order valence-corrected chi connectivity index (χ1v) is 7.61. The van der Waals surface area contributed by atoms with Crippen molar-refractivity contribution < 1.29 is 9.47 Å². The van der Waals surface area contributed by atoms with E-state index in [2.05, 4.69) is 36.2 Å². The molecule has 112 valence electrons. The Balaban J connectivity index is 1.72. The zero-order valence-electron chi connectivity index (χ0n) is 12.5. The minimum Gasteiger partial charge on any atom is -0.345 e. The van der Waals surface area contributed by atoms with Gasteiger partial charge in [0.2, 0.25) is 0 Å². The normalized spacial score (nSPS) is 17.2. The van der Waals surface area contributed by atoms with Gasteiger partial charge in [-0.05, 0) is 17.5 Å². The van der Waals surface area contributed by atoms with Gasteiger partial charge in [-0.2, -0.15) is 0 Å². The maximum Gasteiger partial charge on any atom is 0.190 e. The van der Waals surface area contributed by atoms with E-state index in [1.54, 1.807) is 12.5 Å². The topological polar surface area (TPSA) is 36.3 Å². The molecule has 1 saturated heterocycles. The van der Waals surface area contributed by atoms with Crippen LogP contribution in [0.25, 0.3) is 0 Å². The summed E-state index contributed by atoms with van der Waals surface area (Å²) >= 11 is 0. The molecule has 0 atom stereocenters. The number of benzene rings is 1. The largest absolute Gasteiger partial charge is 0.345 e. The molecule has 4 heteroatoms. The summed E-state index contributed by atoms with van der Waals surface area (Å²) in [6.45, 7) is 4.18. The third-order valence-corrected chi connectivity index (χ3v) is 3.83. The summed E-state index contributed by atoms with van der Waals surface area (Å²) in [5, 5.41) is 0. The van der Waals surface area contributed by atoms with Crippen LogP contribution in [0, 0.1) is 0 Å². The van der Waals surface area contributed by atoms with Crippen molar-refractivity contribution in [2.75, 3.05) is 13.2 Å². The lowest BCUT2D eigenvalue weighted by Crippen LogP contribution is -2.37. The highest BCUT2D eigenvalue weighted by molar-refractivity contribution is 5.23. The lowest BCUT2D eigenvalue weighted by atomic mass is 10.0. The molecule has 4 nitrogen and oxygen atoms in total. The molecule has 1 aliphatic rings. The van der Waals surface area contributed by atoms with E-state index in [9.17, 15) is 0 Å². The summed E-state index contributed by atoms with van der Waals surface area (Å²) in [5.74, 6) is -0.563. The standard InChI is InChI=1S/C17H22N2O2/c1-2-3-15-4-6-16(7-5-15)12-17(20-10-11-21-17)13-19-9-8-18-14-19/h4-9,14H,2-3,10-13H2,1H3. The van der Waals surface area contributed by atoms with Crippen molar-refractivity contribution in [1.29, 1.82) is 0 Å². The third kappa shape index (κ3) is 3.52. The number of ether oxygens (including phenoxy) is 2. The van der Waals surface area contributed by atoms with Gasteiger partial charge in [-0.3, -0.25) is 0 Å². The van der Waals surface area contributed by atoms with Crippen molar-refractivity contribution in [1.82, 2.24) is 9.55 Å². The molecular weight excluding hydrogens is 264 g/mol. The second kappa shape index (κ2) is 6.41. The van der Waals surface area contributed by atoms with Gasteiger partial charge in [0.05, 0.1) is 26.1 Å². The van der Waals surface area contributed by atoms with Crippen LogP contribution in [0.4, 0.5) is 0 Å². The predicted octanol–water partition coefficient (Wildman–Crippen LogP) is 2.82. The summed E-state index contributed by atoms with van der Waals surface area (Å²) in [5.41, 5.74) is 2.63. The molecule has 1 aliphatic heterocycles. The highest BCUT2D eigenvalue weighted by Gasteiger charge is 2.37. The van der Waals surface area contributed by atoms with Gasteiger partial charge in [0.25, 0.3) is 0 Å². The fourth-order valence-corrected chi connectivity index (χ4v) is 2.83. The minimum absolute atomic E-state index is 0.563. The molecule has 0 radical (unpaired) electrons. The van der Waals surface area contributed by atoms with Crippen molar-refractivity contribution in [2.45, 2.75) is 38.5 Å². The van der Waals surface area contributed by atoms with Gasteiger partial charge in [0.15, 0.2) is 5.79 Å². The van der Waals surface area contributed by atoms with Crippen LogP contribution in [0.15, 0.2) is 43.0 Å². The van der Waals surface area contributed by atoms with Crippen LogP contribution >= 0.6 is 0 Å². The van der Waals surface area contributed by atoms with Crippen LogP contribution in [0.1, 0.15) is 24.5 Å². The van der Waals surface area contributed by atoms with E-state index in [1.807, 2.05) is 10.8 Å². The molecule has 0 saturated carbocycles. The molecular formula is C17H22N2O2. The molecule has 2 aromatic rings. The van der Waals surface area contributed by atoms with Crippen LogP contribution in [0.5, 0.6) is 0 Å². The zero-order chi connectivity index (χ0) is 14.5. The van der Waals surface area contributed by atoms with E-state index in [4.69, 9.17) is 9.47 Å². The molecule has 1 aromatic heterocycles. The number of rotatable bonds is 6. The Kier molecular flexibility index (Phi) is 4.36. The number of hydrogen-bond acceptors (Lipinski definition) is 3. The predicted molar refractivity (Wildman–Crippen MR) is 81.0 cm³/mol. The average Bonchev–Trinajstić information content (AvgIpc) is 3.14. The summed E-state index contributed by atoms with van der Waals surface area (Å²) in [6.07, 6.45) is 8.59. The molecule has 0 amide bonds. The van der Waals surface area contributed by atoms with E-state index in [1.165, 1.54) is 17.5 Å². The Hall–Kier alpha value is -1.65. The molecule has 0 spiro atoms. The van der Waals surface area contributed by atoms with Crippen molar-refractivity contribution >= 4 is 0 Å². The van der Waals surface area contributed by atoms with E-state index < -0.39 is 5.79 Å². The number of nitrogens with zero attached hydrogens (tertiary/aromatic N) is 2. The molecule has 2 heterocycles. The lowest BCUT2D eigenvalue weighted by Gasteiger charge is -2.28. The molecule has 0 unspecified atom stereocenters. The Morgan fingerprint density at radius 1 is 1.14 bits per heavy atom. The SMILES string of the molecule is CCCc1ccc(CC2(Cn3ccnc3)OCCO2)cc1. The molecule has 3 rings (SSSR count). The molecule has 0 aliphatic carbocycles. The Morgan fingerprint density at radius 3 is 2.48 bits per heavy atom. The average molecular weight is 286 g/mol. The van der Waals surface area contributed by atoms with Crippen LogP contribution in [-0.2, 0) is 28.9 Å². The fourth-order valence-electron chi connectivity index (χ4n) is 2.83. The van der Waals surface area contributed by atoms with Crippen molar-refractivity contribution in [2.24, 2.45) is 0 Å². The van der Waals surface area contributed by atoms with Crippen LogP contribution in [0.3, 0.4) is 0 Å². The maximum atomic E-state index is 5.92. The number of aryl methyl sites for hydroxylation is 1. The van der Waals surface area contributed by atoms with Crippen molar-refractivity contribution in [3.05, 3.63) is 54.1 Å². The smallest absolute Gasteiger partial charge is 0.190 e. The summed E-state index contributed by atoms with van der Waals surface area (Å²) < 4.78 is 13.9. The number of aromatic nitrogens is 2.